The molecule has 0 atom stereocenters. The number of nitrogens with zero attached hydrogens (tertiary/aromatic N) is 1. The lowest BCUT2D eigenvalue weighted by Crippen LogP contribution is -1.94. The lowest BCUT2D eigenvalue weighted by molar-refractivity contribution is 0.614. The fourth-order valence-corrected chi connectivity index (χ4v) is 1.34. The highest BCUT2D eigenvalue weighted by Gasteiger charge is 2.04. The second kappa shape index (κ2) is 4.04. The fraction of sp³-hybridized carbons (Fsp3) is 0.364. The van der Waals surface area contributed by atoms with Crippen molar-refractivity contribution in [2.75, 3.05) is 0 Å². The number of hydrogen-bond donors (Lipinski definition) is 0. The van der Waals surface area contributed by atoms with Crippen molar-refractivity contribution in [3.63, 3.8) is 0 Å². The van der Waals surface area contributed by atoms with Gasteiger partial charge in [0.1, 0.15) is 5.82 Å². The first-order chi connectivity index (χ1) is 6.15. The van der Waals surface area contributed by atoms with Crippen LogP contribution in [-0.4, -0.2) is 0 Å². The topological polar surface area (TPSA) is 23.8 Å². The van der Waals surface area contributed by atoms with Gasteiger partial charge < -0.3 is 0 Å². The lowest BCUT2D eigenvalue weighted by Gasteiger charge is -2.06. The van der Waals surface area contributed by atoms with Gasteiger partial charge in [0, 0.05) is 6.42 Å². The fourth-order valence-electron chi connectivity index (χ4n) is 1.34. The van der Waals surface area contributed by atoms with E-state index in [2.05, 4.69) is 6.07 Å². The van der Waals surface area contributed by atoms with Crippen molar-refractivity contribution >= 4 is 0 Å². The summed E-state index contributed by atoms with van der Waals surface area (Å²) in [7, 11) is 0. The molecule has 0 heterocycles. The van der Waals surface area contributed by atoms with E-state index in [1.807, 2.05) is 13.0 Å². The molecule has 0 spiro atoms. The molecular formula is C11H12FN. The van der Waals surface area contributed by atoms with Gasteiger partial charge in [0.25, 0.3) is 0 Å². The van der Waals surface area contributed by atoms with Crippen LogP contribution in [0.25, 0.3) is 0 Å². The van der Waals surface area contributed by atoms with Gasteiger partial charge in [-0.15, -0.1) is 0 Å². The van der Waals surface area contributed by atoms with Crippen molar-refractivity contribution in [1.82, 2.24) is 0 Å². The van der Waals surface area contributed by atoms with Crippen LogP contribution in [0.3, 0.4) is 0 Å². The summed E-state index contributed by atoms with van der Waals surface area (Å²) >= 11 is 0. The highest BCUT2D eigenvalue weighted by Crippen LogP contribution is 2.16. The third-order valence-electron chi connectivity index (χ3n) is 2.10. The van der Waals surface area contributed by atoms with Crippen molar-refractivity contribution in [2.45, 2.75) is 26.7 Å². The molecule has 0 aromatic heterocycles. The number of halogens is 1. The number of aryl methyl sites for hydroxylation is 2. The van der Waals surface area contributed by atoms with Crippen LogP contribution in [0, 0.1) is 31.0 Å². The van der Waals surface area contributed by atoms with Crippen molar-refractivity contribution in [3.05, 3.63) is 34.6 Å². The minimum absolute atomic E-state index is 0.173. The molecule has 0 aliphatic rings. The van der Waals surface area contributed by atoms with E-state index >= 15 is 0 Å². The van der Waals surface area contributed by atoms with Gasteiger partial charge in [-0.05, 0) is 43.0 Å². The predicted molar refractivity (Wildman–Crippen MR) is 49.8 cm³/mol. The van der Waals surface area contributed by atoms with Gasteiger partial charge in [-0.1, -0.05) is 6.07 Å². The summed E-state index contributed by atoms with van der Waals surface area (Å²) in [4.78, 5) is 0. The monoisotopic (exact) mass is 177 g/mol. The van der Waals surface area contributed by atoms with Crippen LogP contribution in [0.5, 0.6) is 0 Å². The zero-order chi connectivity index (χ0) is 9.84. The van der Waals surface area contributed by atoms with Crippen molar-refractivity contribution in [2.24, 2.45) is 0 Å². The zero-order valence-electron chi connectivity index (χ0n) is 7.89. The van der Waals surface area contributed by atoms with Crippen molar-refractivity contribution < 1.29 is 4.39 Å². The number of nitriles is 1. The second-order valence-corrected chi connectivity index (χ2v) is 3.19. The Morgan fingerprint density at radius 2 is 2.08 bits per heavy atom. The summed E-state index contributed by atoms with van der Waals surface area (Å²) in [5, 5.41) is 8.41. The van der Waals surface area contributed by atoms with Crippen LogP contribution in [-0.2, 0) is 6.42 Å². The molecule has 0 bridgehead atoms. The zero-order valence-corrected chi connectivity index (χ0v) is 7.89. The number of benzene rings is 1. The Kier molecular flexibility index (Phi) is 3.02. The van der Waals surface area contributed by atoms with Gasteiger partial charge in [-0.3, -0.25) is 0 Å². The first-order valence-corrected chi connectivity index (χ1v) is 4.27. The molecule has 0 fully saturated rings. The van der Waals surface area contributed by atoms with Gasteiger partial charge in [0.15, 0.2) is 0 Å². The van der Waals surface area contributed by atoms with E-state index in [-0.39, 0.29) is 5.82 Å². The van der Waals surface area contributed by atoms with Crippen LogP contribution < -0.4 is 0 Å². The van der Waals surface area contributed by atoms with E-state index in [1.54, 1.807) is 6.92 Å². The van der Waals surface area contributed by atoms with Gasteiger partial charge in [0.2, 0.25) is 0 Å². The molecule has 1 aromatic rings. The average molecular weight is 177 g/mol. The molecule has 68 valence electrons. The molecule has 0 saturated carbocycles. The molecule has 0 aliphatic heterocycles. The van der Waals surface area contributed by atoms with Gasteiger partial charge in [0.05, 0.1) is 6.07 Å². The van der Waals surface area contributed by atoms with E-state index in [4.69, 9.17) is 5.26 Å². The average Bonchev–Trinajstić information content (AvgIpc) is 2.09. The second-order valence-electron chi connectivity index (χ2n) is 3.19. The summed E-state index contributed by atoms with van der Waals surface area (Å²) in [5.74, 6) is -0.173. The van der Waals surface area contributed by atoms with Crippen LogP contribution in [0.1, 0.15) is 23.1 Å². The molecule has 0 N–H and O–H groups in total. The maximum absolute atomic E-state index is 13.2. The van der Waals surface area contributed by atoms with E-state index in [0.717, 1.165) is 11.1 Å². The SMILES string of the molecule is Cc1cc(F)c(C)c(CCC#N)c1. The first kappa shape index (κ1) is 9.73. The molecule has 0 aliphatic carbocycles. The summed E-state index contributed by atoms with van der Waals surface area (Å²) in [6.07, 6.45) is 1.09. The Bertz CT molecular complexity index is 350. The summed E-state index contributed by atoms with van der Waals surface area (Å²) in [6, 6.07) is 5.52. The molecule has 2 heteroatoms. The molecule has 0 saturated heterocycles. The smallest absolute Gasteiger partial charge is 0.126 e. The standard InChI is InChI=1S/C11H12FN/c1-8-6-10(4-3-5-13)9(2)11(12)7-8/h6-7H,3-4H2,1-2H3. The van der Waals surface area contributed by atoms with E-state index < -0.39 is 0 Å². The Morgan fingerprint density at radius 3 is 2.69 bits per heavy atom. The van der Waals surface area contributed by atoms with Crippen LogP contribution in [0.15, 0.2) is 12.1 Å². The summed E-state index contributed by atoms with van der Waals surface area (Å²) in [5.41, 5.74) is 2.52. The molecule has 1 aromatic carbocycles. The molecule has 0 amide bonds. The van der Waals surface area contributed by atoms with Crippen molar-refractivity contribution in [3.8, 4) is 6.07 Å². The molecule has 1 rings (SSSR count). The van der Waals surface area contributed by atoms with Gasteiger partial charge in [-0.2, -0.15) is 5.26 Å². The number of hydrogen-bond acceptors (Lipinski definition) is 1. The molecule has 13 heavy (non-hydrogen) atoms. The molecule has 0 radical (unpaired) electrons. The third-order valence-corrected chi connectivity index (χ3v) is 2.10. The quantitative estimate of drug-likeness (QED) is 0.681. The van der Waals surface area contributed by atoms with E-state index in [9.17, 15) is 4.39 Å². The Hall–Kier alpha value is -1.36. The van der Waals surface area contributed by atoms with E-state index in [0.29, 0.717) is 18.4 Å². The molecule has 0 unspecified atom stereocenters. The maximum Gasteiger partial charge on any atom is 0.126 e. The molecule has 1 nitrogen and oxygen atoms in total. The largest absolute Gasteiger partial charge is 0.207 e. The maximum atomic E-state index is 13.2. The van der Waals surface area contributed by atoms with Crippen LogP contribution in [0.2, 0.25) is 0 Å². The Balaban J connectivity index is 3.00. The Labute approximate surface area is 77.8 Å². The molecular weight excluding hydrogens is 165 g/mol. The van der Waals surface area contributed by atoms with Gasteiger partial charge in [-0.25, -0.2) is 4.39 Å². The highest BCUT2D eigenvalue weighted by atomic mass is 19.1. The highest BCUT2D eigenvalue weighted by molar-refractivity contribution is 5.32. The summed E-state index contributed by atoms with van der Waals surface area (Å²) in [6.45, 7) is 3.61. The normalized spacial score (nSPS) is 9.69. The first-order valence-electron chi connectivity index (χ1n) is 4.27. The number of rotatable bonds is 2. The van der Waals surface area contributed by atoms with E-state index in [1.165, 1.54) is 6.07 Å². The summed E-state index contributed by atoms with van der Waals surface area (Å²) < 4.78 is 13.2. The van der Waals surface area contributed by atoms with Crippen molar-refractivity contribution in [1.29, 1.82) is 5.26 Å². The third kappa shape index (κ3) is 2.29. The van der Waals surface area contributed by atoms with Crippen LogP contribution >= 0.6 is 0 Å². The van der Waals surface area contributed by atoms with Crippen LogP contribution in [0.4, 0.5) is 4.39 Å². The minimum atomic E-state index is -0.173. The van der Waals surface area contributed by atoms with Gasteiger partial charge >= 0.3 is 0 Å². The minimum Gasteiger partial charge on any atom is -0.207 e. The predicted octanol–water partition coefficient (Wildman–Crippen LogP) is 2.90. The lowest BCUT2D eigenvalue weighted by atomic mass is 10.0. The Morgan fingerprint density at radius 1 is 1.38 bits per heavy atom.